The van der Waals surface area contributed by atoms with Gasteiger partial charge in [-0.15, -0.1) is 24.8 Å². The molecule has 2 aromatic rings. The van der Waals surface area contributed by atoms with E-state index in [2.05, 4.69) is 5.32 Å². The number of nitrogens with two attached hydrogens (primary N) is 2. The number of anilines is 2. The van der Waals surface area contributed by atoms with Gasteiger partial charge in [-0.3, -0.25) is 21.6 Å². The van der Waals surface area contributed by atoms with Crippen LogP contribution < -0.4 is 25.6 Å². The van der Waals surface area contributed by atoms with Crippen LogP contribution in [0.15, 0.2) is 60.7 Å². The Hall–Kier alpha value is -2.76. The van der Waals surface area contributed by atoms with Gasteiger partial charge in [0.15, 0.2) is 17.3 Å². The van der Waals surface area contributed by atoms with E-state index in [9.17, 15) is 0 Å². The van der Waals surface area contributed by atoms with Crippen molar-refractivity contribution in [3.63, 3.8) is 0 Å². The summed E-state index contributed by atoms with van der Waals surface area (Å²) in [6, 6.07) is 16.3. The lowest BCUT2D eigenvalue weighted by Gasteiger charge is -2.52. The molecule has 2 unspecified atom stereocenters. The van der Waals surface area contributed by atoms with Crippen LogP contribution in [0.5, 0.6) is 0 Å². The minimum absolute atomic E-state index is 0. The number of amidine groups is 3. The van der Waals surface area contributed by atoms with Crippen molar-refractivity contribution < 1.29 is 0 Å². The van der Waals surface area contributed by atoms with Gasteiger partial charge >= 0.3 is 0 Å². The van der Waals surface area contributed by atoms with Gasteiger partial charge in [-0.2, -0.15) is 0 Å². The van der Waals surface area contributed by atoms with E-state index in [1.54, 1.807) is 54.6 Å². The third-order valence-electron chi connectivity index (χ3n) is 5.24. The third-order valence-corrected chi connectivity index (χ3v) is 5.98. The van der Waals surface area contributed by atoms with Gasteiger partial charge in [-0.05, 0) is 24.3 Å². The predicted octanol–water partition coefficient (Wildman–Crippen LogP) is 2.95. The zero-order chi connectivity index (χ0) is 23.5. The normalized spacial score (nSPS) is 19.1. The molecular formula is C20H26Cl4N10. The number of guanidine groups is 1. The molecule has 10 nitrogen and oxygen atoms in total. The summed E-state index contributed by atoms with van der Waals surface area (Å²) in [5.41, 5.74) is 11.0. The SMILES string of the molecule is Cl.Cl.N=C(C1NCCN(C(=N)N)C1(C(=N)N)C(=N)N(Cl)c1ccccc1)N(Cl)c1ccccc1. The van der Waals surface area contributed by atoms with Crippen LogP contribution in [0, 0.1) is 21.6 Å². The molecule has 9 N–H and O–H groups in total. The Balaban J connectivity index is 0.00000289. The van der Waals surface area contributed by atoms with Crippen molar-refractivity contribution >= 4 is 83.2 Å². The van der Waals surface area contributed by atoms with Gasteiger partial charge in [0.05, 0.1) is 11.4 Å². The highest BCUT2D eigenvalue weighted by molar-refractivity contribution is 6.43. The molecule has 1 heterocycles. The standard InChI is InChI=1S/C20H24Cl2N10.2ClH/c21-31(13-7-3-1-4-8-13)16(23)15-20(17(24)25,30(19(27)28)12-11-29-15)18(26)32(22)14-9-5-2-6-10-14;;/h1-10,15,23,26,29H,11-12H2,(H3,24,25)(H3,27,28);2*1H. The number of rotatable bonds is 5. The van der Waals surface area contributed by atoms with E-state index in [0.29, 0.717) is 17.9 Å². The predicted molar refractivity (Wildman–Crippen MR) is 145 cm³/mol. The molecule has 184 valence electrons. The van der Waals surface area contributed by atoms with Crippen molar-refractivity contribution in [2.24, 2.45) is 11.5 Å². The van der Waals surface area contributed by atoms with Crippen LogP contribution in [-0.2, 0) is 0 Å². The molecule has 2 atom stereocenters. The van der Waals surface area contributed by atoms with Crippen LogP contribution in [0.2, 0.25) is 0 Å². The molecule has 14 heteroatoms. The molecular weight excluding hydrogens is 522 g/mol. The molecule has 0 aliphatic carbocycles. The minimum Gasteiger partial charge on any atom is -0.385 e. The number of hydrogen-bond acceptors (Lipinski definition) is 5. The number of hydrogen-bond donors (Lipinski definition) is 7. The molecule has 34 heavy (non-hydrogen) atoms. The first kappa shape index (κ1) is 29.3. The van der Waals surface area contributed by atoms with Gasteiger partial charge in [0.25, 0.3) is 0 Å². The second kappa shape index (κ2) is 12.1. The number of benzene rings is 2. The summed E-state index contributed by atoms with van der Waals surface area (Å²) >= 11 is 13.0. The first-order valence-electron chi connectivity index (χ1n) is 9.61. The maximum Gasteiger partial charge on any atom is 0.189 e. The quantitative estimate of drug-likeness (QED) is 0.172. The number of nitrogens with one attached hydrogen (secondary N) is 5. The van der Waals surface area contributed by atoms with E-state index in [1.165, 1.54) is 4.90 Å². The topological polar surface area (TPSA) is 169 Å². The summed E-state index contributed by atoms with van der Waals surface area (Å²) in [4.78, 5) is 1.29. The fraction of sp³-hybridized carbons (Fsp3) is 0.200. The molecule has 1 saturated heterocycles. The third kappa shape index (κ3) is 5.16. The minimum atomic E-state index is -1.89. The first-order valence-corrected chi connectivity index (χ1v) is 10.3. The summed E-state index contributed by atoms with van der Waals surface area (Å²) in [6.45, 7) is 0.469. The zero-order valence-corrected chi connectivity index (χ0v) is 21.0. The van der Waals surface area contributed by atoms with E-state index >= 15 is 0 Å². The Kier molecular flexibility index (Phi) is 10.4. The lowest BCUT2D eigenvalue weighted by atomic mass is 9.81. The number of piperazine rings is 1. The molecule has 1 aliphatic heterocycles. The van der Waals surface area contributed by atoms with Crippen LogP contribution in [0.25, 0.3) is 0 Å². The van der Waals surface area contributed by atoms with Crippen molar-refractivity contribution in [1.29, 1.82) is 21.6 Å². The van der Waals surface area contributed by atoms with Crippen LogP contribution >= 0.6 is 48.4 Å². The van der Waals surface area contributed by atoms with Gasteiger partial charge in [-0.25, -0.2) is 8.84 Å². The maximum absolute atomic E-state index is 8.98. The molecule has 0 radical (unpaired) electrons. The smallest absolute Gasteiger partial charge is 0.189 e. The summed E-state index contributed by atoms with van der Waals surface area (Å²) in [5, 5.41) is 37.5. The lowest BCUT2D eigenvalue weighted by molar-refractivity contribution is 0.229. The van der Waals surface area contributed by atoms with E-state index < -0.39 is 23.4 Å². The number of halogens is 4. The van der Waals surface area contributed by atoms with E-state index in [-0.39, 0.29) is 43.0 Å². The van der Waals surface area contributed by atoms with Crippen molar-refractivity contribution in [3.8, 4) is 0 Å². The van der Waals surface area contributed by atoms with Gasteiger partial charge in [-0.1, -0.05) is 36.4 Å². The van der Waals surface area contributed by atoms with Crippen LogP contribution in [0.1, 0.15) is 0 Å². The molecule has 1 fully saturated rings. The molecule has 0 saturated carbocycles. The summed E-state index contributed by atoms with van der Waals surface area (Å²) in [6.07, 6.45) is 0. The van der Waals surface area contributed by atoms with E-state index in [4.69, 9.17) is 56.7 Å². The Morgan fingerprint density at radius 3 is 1.79 bits per heavy atom. The second-order valence-corrected chi connectivity index (χ2v) is 7.75. The highest BCUT2D eigenvalue weighted by Crippen LogP contribution is 2.32. The Labute approximate surface area is 220 Å². The van der Waals surface area contributed by atoms with Gasteiger partial charge in [0.2, 0.25) is 0 Å². The van der Waals surface area contributed by atoms with Gasteiger partial charge in [0, 0.05) is 36.6 Å². The molecule has 0 aromatic heterocycles. The van der Waals surface area contributed by atoms with E-state index in [0.717, 1.165) is 8.84 Å². The van der Waals surface area contributed by atoms with Crippen LogP contribution in [0.4, 0.5) is 11.4 Å². The van der Waals surface area contributed by atoms with Crippen molar-refractivity contribution in [3.05, 3.63) is 60.7 Å². The highest BCUT2D eigenvalue weighted by Gasteiger charge is 2.58. The maximum atomic E-state index is 8.98. The van der Waals surface area contributed by atoms with Crippen molar-refractivity contribution in [2.75, 3.05) is 21.9 Å². The molecule has 0 amide bonds. The van der Waals surface area contributed by atoms with Crippen LogP contribution in [0.3, 0.4) is 0 Å². The second-order valence-electron chi connectivity index (χ2n) is 7.07. The summed E-state index contributed by atoms with van der Waals surface area (Å²) in [7, 11) is 0. The monoisotopic (exact) mass is 546 g/mol. The average molecular weight is 548 g/mol. The number of para-hydroxylation sites is 2. The van der Waals surface area contributed by atoms with E-state index in [1.807, 2.05) is 6.07 Å². The Morgan fingerprint density at radius 1 is 0.882 bits per heavy atom. The Bertz CT molecular complexity index is 1020. The molecule has 0 spiro atoms. The highest BCUT2D eigenvalue weighted by atomic mass is 35.5. The van der Waals surface area contributed by atoms with Gasteiger partial charge in [0.1, 0.15) is 17.7 Å². The summed E-state index contributed by atoms with van der Waals surface area (Å²) < 4.78 is 2.14. The fourth-order valence-electron chi connectivity index (χ4n) is 3.75. The Morgan fingerprint density at radius 2 is 1.35 bits per heavy atom. The average Bonchev–Trinajstić information content (AvgIpc) is 2.82. The zero-order valence-electron chi connectivity index (χ0n) is 17.8. The molecule has 0 bridgehead atoms. The molecule has 2 aromatic carbocycles. The van der Waals surface area contributed by atoms with Gasteiger partial charge < -0.3 is 21.7 Å². The van der Waals surface area contributed by atoms with Crippen molar-refractivity contribution in [1.82, 2.24) is 10.2 Å². The lowest BCUT2D eigenvalue weighted by Crippen LogP contribution is -2.81. The fourth-order valence-corrected chi connectivity index (χ4v) is 4.20. The molecule has 3 rings (SSSR count). The molecule has 1 aliphatic rings. The largest absolute Gasteiger partial charge is 0.385 e. The first-order chi connectivity index (χ1) is 15.2. The van der Waals surface area contributed by atoms with Crippen LogP contribution in [-0.4, -0.2) is 53.0 Å². The summed E-state index contributed by atoms with van der Waals surface area (Å²) in [5.74, 6) is -1.47. The van der Waals surface area contributed by atoms with Crippen molar-refractivity contribution in [2.45, 2.75) is 11.6 Å². The number of nitrogens with zero attached hydrogens (tertiary/aromatic N) is 3.